The molecule has 0 aliphatic heterocycles. The number of hydrazone groups is 1. The molecule has 0 unspecified atom stereocenters. The van der Waals surface area contributed by atoms with E-state index in [1.54, 1.807) is 25.4 Å². The van der Waals surface area contributed by atoms with Crippen LogP contribution in [0.4, 0.5) is 0 Å². The van der Waals surface area contributed by atoms with Crippen LogP contribution in [0.15, 0.2) is 83.3 Å². The highest BCUT2D eigenvalue weighted by atomic mass is 35.5. The number of pyridine rings is 1. The molecule has 0 aliphatic rings. The number of amides is 1. The van der Waals surface area contributed by atoms with Gasteiger partial charge in [-0.15, -0.1) is 10.2 Å². The summed E-state index contributed by atoms with van der Waals surface area (Å²) in [4.78, 5) is 16.7. The van der Waals surface area contributed by atoms with Gasteiger partial charge in [0.1, 0.15) is 5.75 Å². The van der Waals surface area contributed by atoms with E-state index in [9.17, 15) is 4.79 Å². The molecule has 4 rings (SSSR count). The van der Waals surface area contributed by atoms with Crippen LogP contribution >= 0.6 is 23.4 Å². The first-order valence-corrected chi connectivity index (χ1v) is 12.2. The van der Waals surface area contributed by atoms with E-state index in [4.69, 9.17) is 16.3 Å². The largest absolute Gasteiger partial charge is 0.494 e. The maximum Gasteiger partial charge on any atom is 0.250 e. The van der Waals surface area contributed by atoms with Crippen LogP contribution < -0.4 is 10.2 Å². The molecule has 0 bridgehead atoms. The fourth-order valence-electron chi connectivity index (χ4n) is 3.26. The van der Waals surface area contributed by atoms with Crippen LogP contribution in [0.2, 0.25) is 5.02 Å². The van der Waals surface area contributed by atoms with E-state index in [1.165, 1.54) is 11.8 Å². The fourth-order valence-corrected chi connectivity index (χ4v) is 4.28. The van der Waals surface area contributed by atoms with Crippen molar-refractivity contribution in [2.45, 2.75) is 19.0 Å². The Balaban J connectivity index is 1.53. The molecule has 0 radical (unpaired) electrons. The summed E-state index contributed by atoms with van der Waals surface area (Å²) < 4.78 is 7.45. The van der Waals surface area contributed by atoms with Gasteiger partial charge in [0.25, 0.3) is 5.91 Å². The van der Waals surface area contributed by atoms with Crippen LogP contribution in [0.3, 0.4) is 0 Å². The van der Waals surface area contributed by atoms with Crippen LogP contribution in [0, 0.1) is 0 Å². The number of halogens is 1. The third kappa shape index (κ3) is 6.06. The minimum absolute atomic E-state index is 0.0987. The second-order valence-electron chi connectivity index (χ2n) is 7.31. The SMILES string of the molecule is CCOc1ccc(-n2c(SCC(=O)N/N=C(\C)c3ccccc3Cl)nnc2-c2cccnc2)cc1. The number of carbonyl (C=O) groups is 1. The Bertz CT molecular complexity index is 1330. The second-order valence-corrected chi connectivity index (χ2v) is 8.66. The van der Waals surface area contributed by atoms with E-state index >= 15 is 0 Å². The van der Waals surface area contributed by atoms with Crippen molar-refractivity contribution in [2.24, 2.45) is 5.10 Å². The number of benzene rings is 2. The lowest BCUT2D eigenvalue weighted by Crippen LogP contribution is -2.21. The summed E-state index contributed by atoms with van der Waals surface area (Å²) in [6.07, 6.45) is 3.43. The van der Waals surface area contributed by atoms with Crippen LogP contribution in [0.5, 0.6) is 5.75 Å². The van der Waals surface area contributed by atoms with Gasteiger partial charge in [0, 0.05) is 34.2 Å². The second kappa shape index (κ2) is 11.6. The third-order valence-electron chi connectivity index (χ3n) is 4.90. The molecule has 35 heavy (non-hydrogen) atoms. The van der Waals surface area contributed by atoms with E-state index in [1.807, 2.05) is 66.1 Å². The number of hydrogen-bond acceptors (Lipinski definition) is 7. The first-order chi connectivity index (χ1) is 17.1. The number of carbonyl (C=O) groups excluding carboxylic acids is 1. The van der Waals surface area contributed by atoms with Crippen molar-refractivity contribution in [1.82, 2.24) is 25.2 Å². The quantitative estimate of drug-likeness (QED) is 0.195. The molecule has 8 nitrogen and oxygen atoms in total. The van der Waals surface area contributed by atoms with E-state index < -0.39 is 0 Å². The van der Waals surface area contributed by atoms with E-state index in [2.05, 4.69) is 25.7 Å². The molecule has 0 aliphatic carbocycles. The number of rotatable bonds is 9. The first kappa shape index (κ1) is 24.4. The van der Waals surface area contributed by atoms with E-state index in [0.29, 0.717) is 28.3 Å². The van der Waals surface area contributed by atoms with Crippen LogP contribution in [0.1, 0.15) is 19.4 Å². The molecule has 0 fully saturated rings. The monoisotopic (exact) mass is 506 g/mol. The number of nitrogens with zero attached hydrogens (tertiary/aromatic N) is 5. The Labute approximate surface area is 212 Å². The minimum Gasteiger partial charge on any atom is -0.494 e. The fraction of sp³-hybridized carbons (Fsp3) is 0.160. The highest BCUT2D eigenvalue weighted by molar-refractivity contribution is 7.99. The maximum atomic E-state index is 12.5. The highest BCUT2D eigenvalue weighted by Crippen LogP contribution is 2.28. The Morgan fingerprint density at radius 2 is 1.91 bits per heavy atom. The molecule has 0 spiro atoms. The molecule has 0 atom stereocenters. The number of hydrogen-bond donors (Lipinski definition) is 1. The molecular weight excluding hydrogens is 484 g/mol. The Kier molecular flexibility index (Phi) is 8.12. The summed E-state index contributed by atoms with van der Waals surface area (Å²) in [7, 11) is 0. The molecule has 2 aromatic heterocycles. The van der Waals surface area contributed by atoms with Gasteiger partial charge in [0.15, 0.2) is 11.0 Å². The van der Waals surface area contributed by atoms with Gasteiger partial charge in [0.2, 0.25) is 0 Å². The van der Waals surface area contributed by atoms with Crippen molar-refractivity contribution in [2.75, 3.05) is 12.4 Å². The summed E-state index contributed by atoms with van der Waals surface area (Å²) in [6, 6.07) is 18.7. The average molecular weight is 507 g/mol. The van der Waals surface area contributed by atoms with Gasteiger partial charge in [-0.1, -0.05) is 41.6 Å². The molecule has 1 amide bonds. The number of ether oxygens (including phenoxy) is 1. The van der Waals surface area contributed by atoms with Crippen molar-refractivity contribution in [3.05, 3.63) is 83.6 Å². The van der Waals surface area contributed by atoms with Gasteiger partial charge in [-0.3, -0.25) is 14.3 Å². The van der Waals surface area contributed by atoms with Crippen LogP contribution in [0.25, 0.3) is 17.1 Å². The molecule has 2 aromatic carbocycles. The average Bonchev–Trinajstić information content (AvgIpc) is 3.31. The number of thioether (sulfide) groups is 1. The van der Waals surface area contributed by atoms with Gasteiger partial charge in [0.05, 0.1) is 18.1 Å². The Morgan fingerprint density at radius 3 is 2.63 bits per heavy atom. The minimum atomic E-state index is -0.273. The van der Waals surface area contributed by atoms with Crippen molar-refractivity contribution < 1.29 is 9.53 Å². The van der Waals surface area contributed by atoms with Crippen molar-refractivity contribution in [1.29, 1.82) is 0 Å². The third-order valence-corrected chi connectivity index (χ3v) is 6.16. The van der Waals surface area contributed by atoms with E-state index in [0.717, 1.165) is 22.6 Å². The molecular formula is C25H23ClN6O2S. The number of nitrogens with one attached hydrogen (secondary N) is 1. The molecule has 0 saturated heterocycles. The van der Waals surface area contributed by atoms with E-state index in [-0.39, 0.29) is 11.7 Å². The lowest BCUT2D eigenvalue weighted by Gasteiger charge is -2.11. The summed E-state index contributed by atoms with van der Waals surface area (Å²) in [5.74, 6) is 1.22. The standard InChI is InChI=1S/C25H23ClN6O2S/c1-3-34-20-12-10-19(11-13-20)32-24(18-7-6-14-27-15-18)30-31-25(32)35-16-23(33)29-28-17(2)21-8-4-5-9-22(21)26/h4-15H,3,16H2,1-2H3,(H,29,33)/b28-17+. The van der Waals surface area contributed by atoms with Crippen molar-refractivity contribution in [3.63, 3.8) is 0 Å². The molecule has 0 saturated carbocycles. The van der Waals surface area contributed by atoms with Gasteiger partial charge in [-0.25, -0.2) is 5.43 Å². The zero-order valence-corrected chi connectivity index (χ0v) is 20.8. The predicted molar refractivity (Wildman–Crippen MR) is 138 cm³/mol. The Hall–Kier alpha value is -3.69. The van der Waals surface area contributed by atoms with Gasteiger partial charge in [-0.05, 0) is 56.3 Å². The van der Waals surface area contributed by atoms with Crippen molar-refractivity contribution in [3.8, 4) is 22.8 Å². The normalized spacial score (nSPS) is 11.3. The summed E-state index contributed by atoms with van der Waals surface area (Å²) >= 11 is 7.46. The van der Waals surface area contributed by atoms with Gasteiger partial charge >= 0.3 is 0 Å². The van der Waals surface area contributed by atoms with Crippen molar-refractivity contribution >= 4 is 35.0 Å². The zero-order chi connectivity index (χ0) is 24.6. The molecule has 1 N–H and O–H groups in total. The van der Waals surface area contributed by atoms with Crippen LogP contribution in [-0.4, -0.2) is 43.7 Å². The smallest absolute Gasteiger partial charge is 0.250 e. The number of aromatic nitrogens is 4. The van der Waals surface area contributed by atoms with Gasteiger partial charge < -0.3 is 4.74 Å². The van der Waals surface area contributed by atoms with Gasteiger partial charge in [-0.2, -0.15) is 5.10 Å². The molecule has 178 valence electrons. The zero-order valence-electron chi connectivity index (χ0n) is 19.2. The summed E-state index contributed by atoms with van der Waals surface area (Å²) in [5, 5.41) is 14.0. The molecule has 4 aromatic rings. The maximum absolute atomic E-state index is 12.5. The molecule has 2 heterocycles. The topological polar surface area (TPSA) is 94.3 Å². The predicted octanol–water partition coefficient (Wildman–Crippen LogP) is 5.01. The summed E-state index contributed by atoms with van der Waals surface area (Å²) in [6.45, 7) is 4.31. The van der Waals surface area contributed by atoms with Crippen LogP contribution in [-0.2, 0) is 4.79 Å². The Morgan fingerprint density at radius 1 is 1.11 bits per heavy atom. The first-order valence-electron chi connectivity index (χ1n) is 10.9. The highest BCUT2D eigenvalue weighted by Gasteiger charge is 2.17. The lowest BCUT2D eigenvalue weighted by atomic mass is 10.1. The summed E-state index contributed by atoms with van der Waals surface area (Å²) in [5.41, 5.74) is 5.61. The molecule has 10 heteroatoms. The lowest BCUT2D eigenvalue weighted by molar-refractivity contribution is -0.118.